The molecule has 1 fully saturated rings. The molecule has 20 heavy (non-hydrogen) atoms. The average molecular weight is 297 g/mol. The van der Waals surface area contributed by atoms with Crippen LogP contribution in [0.1, 0.15) is 30.9 Å². The van der Waals surface area contributed by atoms with Gasteiger partial charge in [-0.1, -0.05) is 24.6 Å². The Morgan fingerprint density at radius 2 is 2.20 bits per heavy atom. The van der Waals surface area contributed by atoms with Crippen molar-refractivity contribution >= 4 is 9.84 Å². The monoisotopic (exact) mass is 297 g/mol. The summed E-state index contributed by atoms with van der Waals surface area (Å²) >= 11 is 0. The van der Waals surface area contributed by atoms with Gasteiger partial charge in [-0.15, -0.1) is 0 Å². The van der Waals surface area contributed by atoms with Crippen molar-refractivity contribution in [1.29, 1.82) is 0 Å². The lowest BCUT2D eigenvalue weighted by molar-refractivity contribution is 0.226. The van der Waals surface area contributed by atoms with Crippen LogP contribution in [-0.4, -0.2) is 32.1 Å². The number of nitrogens with two attached hydrogens (primary N) is 1. The molecule has 1 aromatic carbocycles. The van der Waals surface area contributed by atoms with E-state index in [2.05, 4.69) is 13.0 Å². The number of hydrogen-bond acceptors (Lipinski definition) is 4. The number of benzene rings is 1. The second-order valence-corrected chi connectivity index (χ2v) is 7.86. The van der Waals surface area contributed by atoms with Crippen LogP contribution in [0.15, 0.2) is 18.2 Å². The van der Waals surface area contributed by atoms with Crippen LogP contribution in [0.4, 0.5) is 0 Å². The quantitative estimate of drug-likeness (QED) is 0.900. The van der Waals surface area contributed by atoms with Crippen LogP contribution in [0.2, 0.25) is 0 Å². The highest BCUT2D eigenvalue weighted by molar-refractivity contribution is 7.91. The van der Waals surface area contributed by atoms with Gasteiger partial charge in [0.1, 0.15) is 11.9 Å². The maximum atomic E-state index is 11.5. The summed E-state index contributed by atoms with van der Waals surface area (Å²) in [6, 6.07) is 6.10. The van der Waals surface area contributed by atoms with Crippen molar-refractivity contribution in [3.05, 3.63) is 29.3 Å². The minimum atomic E-state index is -2.91. The molecule has 0 radical (unpaired) electrons. The van der Waals surface area contributed by atoms with Gasteiger partial charge in [-0.2, -0.15) is 0 Å². The Hall–Kier alpha value is -1.07. The molecule has 1 aliphatic rings. The van der Waals surface area contributed by atoms with Crippen LogP contribution in [0, 0.1) is 6.92 Å². The molecule has 1 aromatic rings. The molecule has 2 rings (SSSR count). The highest BCUT2D eigenvalue weighted by Crippen LogP contribution is 2.26. The standard InChI is InChI=1S/C15H23NO3S/c1-3-13(16)9-12-8-11(2)4-5-15(12)19-14-6-7-20(17,18)10-14/h4-5,8,13-14H,3,6-7,9-10,16H2,1-2H3. The van der Waals surface area contributed by atoms with Crippen LogP contribution < -0.4 is 10.5 Å². The fourth-order valence-corrected chi connectivity index (χ4v) is 4.03. The van der Waals surface area contributed by atoms with Gasteiger partial charge in [0.05, 0.1) is 11.5 Å². The predicted octanol–water partition coefficient (Wildman–Crippen LogP) is 1.84. The number of rotatable bonds is 5. The summed E-state index contributed by atoms with van der Waals surface area (Å²) in [6.45, 7) is 4.09. The summed E-state index contributed by atoms with van der Waals surface area (Å²) in [5.74, 6) is 1.13. The Bertz CT molecular complexity index is 568. The summed E-state index contributed by atoms with van der Waals surface area (Å²) in [5, 5.41) is 0. The van der Waals surface area contributed by atoms with Gasteiger partial charge >= 0.3 is 0 Å². The van der Waals surface area contributed by atoms with Gasteiger partial charge in [-0.25, -0.2) is 8.42 Å². The first-order chi connectivity index (χ1) is 9.39. The largest absolute Gasteiger partial charge is 0.489 e. The molecule has 112 valence electrons. The van der Waals surface area contributed by atoms with Crippen LogP contribution >= 0.6 is 0 Å². The van der Waals surface area contributed by atoms with Crippen molar-refractivity contribution in [1.82, 2.24) is 0 Å². The van der Waals surface area contributed by atoms with E-state index in [1.54, 1.807) is 0 Å². The maximum Gasteiger partial charge on any atom is 0.154 e. The van der Waals surface area contributed by atoms with E-state index in [-0.39, 0.29) is 23.7 Å². The molecule has 2 atom stereocenters. The topological polar surface area (TPSA) is 69.4 Å². The first kappa shape index (κ1) is 15.3. The van der Waals surface area contributed by atoms with Crippen molar-refractivity contribution in [2.24, 2.45) is 5.73 Å². The number of sulfone groups is 1. The zero-order valence-electron chi connectivity index (χ0n) is 12.1. The number of aryl methyl sites for hydroxylation is 1. The third-order valence-corrected chi connectivity index (χ3v) is 5.44. The van der Waals surface area contributed by atoms with E-state index < -0.39 is 9.84 Å². The summed E-state index contributed by atoms with van der Waals surface area (Å²) in [4.78, 5) is 0. The molecular weight excluding hydrogens is 274 g/mol. The molecular formula is C15H23NO3S. The second-order valence-electron chi connectivity index (χ2n) is 5.63. The fourth-order valence-electron chi connectivity index (χ4n) is 2.44. The first-order valence-corrected chi connectivity index (χ1v) is 8.94. The van der Waals surface area contributed by atoms with Gasteiger partial charge in [-0.05, 0) is 37.8 Å². The second kappa shape index (κ2) is 6.14. The lowest BCUT2D eigenvalue weighted by Crippen LogP contribution is -2.23. The Morgan fingerprint density at radius 3 is 2.80 bits per heavy atom. The normalized spacial score (nSPS) is 22.6. The Labute approximate surface area is 121 Å². The highest BCUT2D eigenvalue weighted by Gasteiger charge is 2.29. The zero-order valence-corrected chi connectivity index (χ0v) is 12.9. The Morgan fingerprint density at radius 1 is 1.45 bits per heavy atom. The summed E-state index contributed by atoms with van der Waals surface area (Å²) in [7, 11) is -2.91. The summed E-state index contributed by atoms with van der Waals surface area (Å²) in [5.41, 5.74) is 8.26. The van der Waals surface area contributed by atoms with E-state index in [9.17, 15) is 8.42 Å². The minimum absolute atomic E-state index is 0.103. The van der Waals surface area contributed by atoms with Crippen molar-refractivity contribution in [2.45, 2.75) is 45.3 Å². The van der Waals surface area contributed by atoms with Gasteiger partial charge < -0.3 is 10.5 Å². The predicted molar refractivity (Wildman–Crippen MR) is 80.8 cm³/mol. The van der Waals surface area contributed by atoms with Gasteiger partial charge in [0.15, 0.2) is 9.84 Å². The molecule has 0 bridgehead atoms. The third-order valence-electron chi connectivity index (χ3n) is 3.71. The molecule has 2 unspecified atom stereocenters. The van der Waals surface area contributed by atoms with E-state index in [0.717, 1.165) is 29.7 Å². The van der Waals surface area contributed by atoms with E-state index >= 15 is 0 Å². The van der Waals surface area contributed by atoms with Crippen LogP contribution in [0.5, 0.6) is 5.75 Å². The van der Waals surface area contributed by atoms with E-state index in [1.807, 2.05) is 19.1 Å². The number of hydrogen-bond donors (Lipinski definition) is 1. The van der Waals surface area contributed by atoms with Crippen molar-refractivity contribution in [3.63, 3.8) is 0 Å². The third kappa shape index (κ3) is 3.96. The molecule has 0 spiro atoms. The maximum absolute atomic E-state index is 11.5. The van der Waals surface area contributed by atoms with Gasteiger partial charge in [0.25, 0.3) is 0 Å². The summed E-state index contributed by atoms with van der Waals surface area (Å²) in [6.07, 6.45) is 2.02. The zero-order chi connectivity index (χ0) is 14.8. The fraction of sp³-hybridized carbons (Fsp3) is 0.600. The lowest BCUT2D eigenvalue weighted by Gasteiger charge is -2.18. The van der Waals surface area contributed by atoms with Crippen LogP contribution in [-0.2, 0) is 16.3 Å². The lowest BCUT2D eigenvalue weighted by atomic mass is 10.0. The molecule has 1 saturated heterocycles. The van der Waals surface area contributed by atoms with E-state index in [1.165, 1.54) is 0 Å². The minimum Gasteiger partial charge on any atom is -0.489 e. The smallest absolute Gasteiger partial charge is 0.154 e. The Kier molecular flexibility index (Phi) is 4.70. The molecule has 0 aliphatic carbocycles. The molecule has 2 N–H and O–H groups in total. The van der Waals surface area contributed by atoms with Crippen LogP contribution in [0.25, 0.3) is 0 Å². The van der Waals surface area contributed by atoms with Crippen molar-refractivity contribution in [3.8, 4) is 5.75 Å². The average Bonchev–Trinajstić information content (AvgIpc) is 2.72. The van der Waals surface area contributed by atoms with E-state index in [4.69, 9.17) is 10.5 Å². The molecule has 0 amide bonds. The molecule has 5 heteroatoms. The molecule has 1 aliphatic heterocycles. The molecule has 4 nitrogen and oxygen atoms in total. The first-order valence-electron chi connectivity index (χ1n) is 7.12. The van der Waals surface area contributed by atoms with Gasteiger partial charge in [-0.3, -0.25) is 0 Å². The van der Waals surface area contributed by atoms with Crippen molar-refractivity contribution < 1.29 is 13.2 Å². The molecule has 0 aromatic heterocycles. The Balaban J connectivity index is 2.14. The van der Waals surface area contributed by atoms with Crippen molar-refractivity contribution in [2.75, 3.05) is 11.5 Å². The van der Waals surface area contributed by atoms with Gasteiger partial charge in [0.2, 0.25) is 0 Å². The SMILES string of the molecule is CCC(N)Cc1cc(C)ccc1OC1CCS(=O)(=O)C1. The molecule has 1 heterocycles. The van der Waals surface area contributed by atoms with E-state index in [0.29, 0.717) is 6.42 Å². The number of ether oxygens (including phenoxy) is 1. The van der Waals surface area contributed by atoms with Crippen LogP contribution in [0.3, 0.4) is 0 Å². The highest BCUT2D eigenvalue weighted by atomic mass is 32.2. The molecule has 0 saturated carbocycles. The summed E-state index contributed by atoms with van der Waals surface area (Å²) < 4.78 is 28.9. The van der Waals surface area contributed by atoms with Gasteiger partial charge in [0, 0.05) is 6.04 Å².